The number of carbonyl (C=O) groups excluding carboxylic acids is 1. The molecule has 30 heavy (non-hydrogen) atoms. The molecule has 6 heteroatoms. The van der Waals surface area contributed by atoms with E-state index in [1.807, 2.05) is 55.8 Å². The van der Waals surface area contributed by atoms with Crippen molar-refractivity contribution >= 4 is 22.9 Å². The molecular formula is C24H24N4OS. The molecule has 4 rings (SSSR count). The highest BCUT2D eigenvalue weighted by molar-refractivity contribution is 7.12. The van der Waals surface area contributed by atoms with Gasteiger partial charge in [-0.1, -0.05) is 48.0 Å². The van der Waals surface area contributed by atoms with Crippen LogP contribution in [0.2, 0.25) is 0 Å². The molecule has 1 N–H and O–H groups in total. The second-order valence-corrected chi connectivity index (χ2v) is 8.68. The van der Waals surface area contributed by atoms with Crippen LogP contribution in [0.1, 0.15) is 26.8 Å². The molecule has 0 atom stereocenters. The van der Waals surface area contributed by atoms with Crippen molar-refractivity contribution in [3.8, 4) is 16.9 Å². The quantitative estimate of drug-likeness (QED) is 0.473. The van der Waals surface area contributed by atoms with Crippen molar-refractivity contribution in [3.05, 3.63) is 81.4 Å². The molecular weight excluding hydrogens is 392 g/mol. The molecule has 0 bridgehead atoms. The van der Waals surface area contributed by atoms with Crippen molar-refractivity contribution in [1.29, 1.82) is 0 Å². The van der Waals surface area contributed by atoms with Gasteiger partial charge in [0.05, 0.1) is 39.9 Å². The molecule has 2 aromatic heterocycles. The fourth-order valence-electron chi connectivity index (χ4n) is 3.50. The Bertz CT molecular complexity index is 1190. The number of nitrogens with one attached hydrogen (secondary N) is 1. The molecule has 0 spiro atoms. The Morgan fingerprint density at radius 2 is 1.70 bits per heavy atom. The zero-order valence-corrected chi connectivity index (χ0v) is 18.4. The van der Waals surface area contributed by atoms with E-state index < -0.39 is 0 Å². The van der Waals surface area contributed by atoms with Crippen molar-refractivity contribution in [2.75, 3.05) is 5.32 Å². The Kier molecular flexibility index (Phi) is 5.50. The van der Waals surface area contributed by atoms with E-state index in [-0.39, 0.29) is 12.3 Å². The molecule has 2 aromatic carbocycles. The number of amides is 1. The van der Waals surface area contributed by atoms with Crippen molar-refractivity contribution in [3.63, 3.8) is 0 Å². The number of thiazole rings is 1. The maximum atomic E-state index is 12.9. The normalized spacial score (nSPS) is 10.9. The SMILES string of the molecule is Cc1ccc(-c2nc(C)sc2CC(=O)Nc2c(C)nn(-c3ccccc3)c2C)cc1. The van der Waals surface area contributed by atoms with Gasteiger partial charge in [0.1, 0.15) is 0 Å². The summed E-state index contributed by atoms with van der Waals surface area (Å²) in [5, 5.41) is 8.64. The highest BCUT2D eigenvalue weighted by Gasteiger charge is 2.18. The number of para-hydroxylation sites is 1. The molecule has 0 saturated carbocycles. The summed E-state index contributed by atoms with van der Waals surface area (Å²) < 4.78 is 1.86. The number of aromatic nitrogens is 3. The van der Waals surface area contributed by atoms with Crippen LogP contribution in [0, 0.1) is 27.7 Å². The number of hydrogen-bond acceptors (Lipinski definition) is 4. The summed E-state index contributed by atoms with van der Waals surface area (Å²) in [5.41, 5.74) is 6.57. The van der Waals surface area contributed by atoms with Gasteiger partial charge in [-0.3, -0.25) is 4.79 Å². The van der Waals surface area contributed by atoms with Gasteiger partial charge in [0.25, 0.3) is 0 Å². The molecule has 4 aromatic rings. The van der Waals surface area contributed by atoms with Crippen LogP contribution in [0.3, 0.4) is 0 Å². The summed E-state index contributed by atoms with van der Waals surface area (Å²) >= 11 is 1.57. The van der Waals surface area contributed by atoms with Gasteiger partial charge in [-0.2, -0.15) is 5.10 Å². The van der Waals surface area contributed by atoms with E-state index >= 15 is 0 Å². The van der Waals surface area contributed by atoms with Crippen LogP contribution in [0.15, 0.2) is 54.6 Å². The average Bonchev–Trinajstić information content (AvgIpc) is 3.23. The van der Waals surface area contributed by atoms with E-state index in [1.165, 1.54) is 5.56 Å². The van der Waals surface area contributed by atoms with Crippen LogP contribution in [-0.2, 0) is 11.2 Å². The first kappa shape index (κ1) is 20.0. The van der Waals surface area contributed by atoms with Crippen LogP contribution in [0.5, 0.6) is 0 Å². The number of carbonyl (C=O) groups is 1. The summed E-state index contributed by atoms with van der Waals surface area (Å²) in [6.45, 7) is 7.92. The number of anilines is 1. The third-order valence-electron chi connectivity index (χ3n) is 5.01. The maximum absolute atomic E-state index is 12.9. The zero-order valence-electron chi connectivity index (χ0n) is 17.6. The minimum absolute atomic E-state index is 0.0641. The molecule has 0 radical (unpaired) electrons. The van der Waals surface area contributed by atoms with Gasteiger partial charge in [-0.05, 0) is 39.8 Å². The molecule has 2 heterocycles. The average molecular weight is 417 g/mol. The Morgan fingerprint density at radius 1 is 1.00 bits per heavy atom. The predicted molar refractivity (Wildman–Crippen MR) is 122 cm³/mol. The lowest BCUT2D eigenvalue weighted by Gasteiger charge is -2.08. The van der Waals surface area contributed by atoms with E-state index in [9.17, 15) is 4.79 Å². The molecule has 5 nitrogen and oxygen atoms in total. The van der Waals surface area contributed by atoms with Gasteiger partial charge in [-0.15, -0.1) is 11.3 Å². The van der Waals surface area contributed by atoms with Crippen LogP contribution in [0.25, 0.3) is 16.9 Å². The fraction of sp³-hybridized carbons (Fsp3) is 0.208. The molecule has 0 fully saturated rings. The number of benzene rings is 2. The molecule has 0 unspecified atom stereocenters. The minimum Gasteiger partial charge on any atom is -0.323 e. The first-order chi connectivity index (χ1) is 14.4. The number of hydrogen-bond donors (Lipinski definition) is 1. The molecule has 0 aliphatic rings. The van der Waals surface area contributed by atoms with Crippen LogP contribution in [-0.4, -0.2) is 20.7 Å². The smallest absolute Gasteiger partial charge is 0.229 e. The van der Waals surface area contributed by atoms with E-state index in [0.29, 0.717) is 0 Å². The number of rotatable bonds is 5. The van der Waals surface area contributed by atoms with Crippen LogP contribution in [0.4, 0.5) is 5.69 Å². The number of nitrogens with zero attached hydrogens (tertiary/aromatic N) is 3. The molecule has 152 valence electrons. The lowest BCUT2D eigenvalue weighted by Crippen LogP contribution is -2.15. The van der Waals surface area contributed by atoms with Crippen molar-refractivity contribution in [2.24, 2.45) is 0 Å². The highest BCUT2D eigenvalue weighted by atomic mass is 32.1. The van der Waals surface area contributed by atoms with Gasteiger partial charge in [0, 0.05) is 10.4 Å². The van der Waals surface area contributed by atoms with E-state index in [0.717, 1.165) is 43.9 Å². The molecule has 1 amide bonds. The fourth-order valence-corrected chi connectivity index (χ4v) is 4.46. The second kappa shape index (κ2) is 8.24. The van der Waals surface area contributed by atoms with E-state index in [2.05, 4.69) is 46.6 Å². The van der Waals surface area contributed by atoms with Crippen LogP contribution < -0.4 is 5.32 Å². The molecule has 0 aliphatic heterocycles. The second-order valence-electron chi connectivity index (χ2n) is 7.39. The Hall–Kier alpha value is -3.25. The third-order valence-corrected chi connectivity index (χ3v) is 5.98. The Morgan fingerprint density at radius 3 is 2.40 bits per heavy atom. The lowest BCUT2D eigenvalue weighted by molar-refractivity contribution is -0.115. The zero-order chi connectivity index (χ0) is 21.3. The Balaban J connectivity index is 1.57. The highest BCUT2D eigenvalue weighted by Crippen LogP contribution is 2.29. The summed E-state index contributed by atoms with van der Waals surface area (Å²) in [7, 11) is 0. The van der Waals surface area contributed by atoms with Crippen molar-refractivity contribution < 1.29 is 4.79 Å². The van der Waals surface area contributed by atoms with Crippen molar-refractivity contribution in [1.82, 2.24) is 14.8 Å². The summed E-state index contributed by atoms with van der Waals surface area (Å²) in [6.07, 6.45) is 0.282. The summed E-state index contributed by atoms with van der Waals surface area (Å²) in [6, 6.07) is 18.2. The largest absolute Gasteiger partial charge is 0.323 e. The van der Waals surface area contributed by atoms with Crippen molar-refractivity contribution in [2.45, 2.75) is 34.1 Å². The minimum atomic E-state index is -0.0641. The molecule has 0 aliphatic carbocycles. The first-order valence-corrected chi connectivity index (χ1v) is 10.7. The predicted octanol–water partition coefficient (Wildman–Crippen LogP) is 5.41. The van der Waals surface area contributed by atoms with Gasteiger partial charge in [0.2, 0.25) is 5.91 Å². The third kappa shape index (κ3) is 4.04. The monoisotopic (exact) mass is 416 g/mol. The van der Waals surface area contributed by atoms with Gasteiger partial charge < -0.3 is 5.32 Å². The summed E-state index contributed by atoms with van der Waals surface area (Å²) in [4.78, 5) is 18.6. The number of aryl methyl sites for hydroxylation is 3. The first-order valence-electron chi connectivity index (χ1n) is 9.87. The van der Waals surface area contributed by atoms with Gasteiger partial charge in [-0.25, -0.2) is 9.67 Å². The standard InChI is InChI=1S/C24H24N4OS/c1-15-10-12-19(13-11-15)24-21(30-18(4)25-24)14-22(29)26-23-16(2)27-28(17(23)3)20-8-6-5-7-9-20/h5-13H,14H2,1-4H3,(H,26,29). The molecule has 0 saturated heterocycles. The van der Waals surface area contributed by atoms with E-state index in [4.69, 9.17) is 0 Å². The van der Waals surface area contributed by atoms with Crippen LogP contribution >= 0.6 is 11.3 Å². The van der Waals surface area contributed by atoms with E-state index in [1.54, 1.807) is 11.3 Å². The maximum Gasteiger partial charge on any atom is 0.229 e. The topological polar surface area (TPSA) is 59.8 Å². The Labute approximate surface area is 180 Å². The van der Waals surface area contributed by atoms with Gasteiger partial charge >= 0.3 is 0 Å². The van der Waals surface area contributed by atoms with Gasteiger partial charge in [0.15, 0.2) is 0 Å². The summed E-state index contributed by atoms with van der Waals surface area (Å²) in [5.74, 6) is -0.0641. The lowest BCUT2D eigenvalue weighted by atomic mass is 10.1.